The molecule has 0 bridgehead atoms. The largest absolute Gasteiger partial charge is 0.497 e. The molecule has 4 rings (SSSR count). The number of carbonyl (C=O) groups is 1. The smallest absolute Gasteiger partial charge is 0.226 e. The summed E-state index contributed by atoms with van der Waals surface area (Å²) in [5.74, 6) is 2.10. The van der Waals surface area contributed by atoms with Crippen LogP contribution in [0.5, 0.6) is 11.5 Å². The van der Waals surface area contributed by atoms with Crippen LogP contribution in [0, 0.1) is 0 Å². The van der Waals surface area contributed by atoms with Crippen LogP contribution in [0.3, 0.4) is 0 Å². The highest BCUT2D eigenvalue weighted by Gasteiger charge is 2.31. The molecule has 0 spiro atoms. The number of nitrogens with one attached hydrogen (secondary N) is 1. The van der Waals surface area contributed by atoms with Crippen LogP contribution in [-0.4, -0.2) is 28.7 Å². The SMILES string of the molecule is COc1cccc(-n2cnc3c2NC(=O)CC3c2cccc(OC(C)C)c2)c1. The Bertz CT molecular complexity index is 1010. The van der Waals surface area contributed by atoms with E-state index in [4.69, 9.17) is 9.47 Å². The van der Waals surface area contributed by atoms with Crippen molar-refractivity contribution in [3.05, 3.63) is 66.1 Å². The molecule has 1 unspecified atom stereocenters. The standard InChI is InChI=1S/C22H23N3O3/c1-14(2)28-18-9-4-6-15(10-18)19-12-20(26)24-22-21(19)23-13-25(22)16-7-5-8-17(11-16)27-3/h4-11,13-14,19H,12H2,1-3H3,(H,24,26). The van der Waals surface area contributed by atoms with Gasteiger partial charge in [-0.25, -0.2) is 4.98 Å². The molecule has 1 aromatic heterocycles. The van der Waals surface area contributed by atoms with Gasteiger partial charge in [0.25, 0.3) is 0 Å². The van der Waals surface area contributed by atoms with E-state index in [-0.39, 0.29) is 17.9 Å². The molecule has 0 aliphatic carbocycles. The van der Waals surface area contributed by atoms with E-state index >= 15 is 0 Å². The van der Waals surface area contributed by atoms with Crippen molar-refractivity contribution >= 4 is 11.7 Å². The third-order valence-electron chi connectivity index (χ3n) is 4.74. The first-order chi connectivity index (χ1) is 13.5. The molecule has 2 aromatic carbocycles. The number of hydrogen-bond acceptors (Lipinski definition) is 4. The number of methoxy groups -OCH3 is 1. The van der Waals surface area contributed by atoms with Crippen LogP contribution in [0.15, 0.2) is 54.9 Å². The van der Waals surface area contributed by atoms with Gasteiger partial charge in [0.1, 0.15) is 23.6 Å². The second-order valence-electron chi connectivity index (χ2n) is 7.09. The minimum absolute atomic E-state index is 0.0303. The average Bonchev–Trinajstić information content (AvgIpc) is 3.10. The van der Waals surface area contributed by atoms with Crippen molar-refractivity contribution in [2.75, 3.05) is 12.4 Å². The Morgan fingerprint density at radius 2 is 1.93 bits per heavy atom. The second kappa shape index (κ2) is 7.38. The normalized spacial score (nSPS) is 15.9. The van der Waals surface area contributed by atoms with Crippen molar-refractivity contribution in [3.63, 3.8) is 0 Å². The maximum atomic E-state index is 12.5. The number of imidazole rings is 1. The number of aromatic nitrogens is 2. The van der Waals surface area contributed by atoms with E-state index in [2.05, 4.69) is 10.3 Å². The molecule has 1 atom stereocenters. The minimum atomic E-state index is -0.119. The number of benzene rings is 2. The topological polar surface area (TPSA) is 65.4 Å². The second-order valence-corrected chi connectivity index (χ2v) is 7.09. The zero-order valence-electron chi connectivity index (χ0n) is 16.2. The summed E-state index contributed by atoms with van der Waals surface area (Å²) in [5, 5.41) is 2.98. The van der Waals surface area contributed by atoms with Gasteiger partial charge in [0, 0.05) is 18.4 Å². The van der Waals surface area contributed by atoms with E-state index in [0.29, 0.717) is 12.2 Å². The van der Waals surface area contributed by atoms with Crippen molar-refractivity contribution in [2.24, 2.45) is 0 Å². The molecule has 28 heavy (non-hydrogen) atoms. The Morgan fingerprint density at radius 1 is 1.14 bits per heavy atom. The highest BCUT2D eigenvalue weighted by atomic mass is 16.5. The fourth-order valence-electron chi connectivity index (χ4n) is 3.52. The third-order valence-corrected chi connectivity index (χ3v) is 4.74. The summed E-state index contributed by atoms with van der Waals surface area (Å²) in [7, 11) is 1.63. The molecule has 1 aliphatic rings. The summed E-state index contributed by atoms with van der Waals surface area (Å²) in [6, 6.07) is 15.6. The number of nitrogens with zero attached hydrogens (tertiary/aromatic N) is 2. The van der Waals surface area contributed by atoms with Gasteiger partial charge in [0.05, 0.1) is 24.6 Å². The van der Waals surface area contributed by atoms with Gasteiger partial charge < -0.3 is 14.8 Å². The summed E-state index contributed by atoms with van der Waals surface area (Å²) in [4.78, 5) is 17.1. The van der Waals surface area contributed by atoms with Crippen molar-refractivity contribution in [3.8, 4) is 17.2 Å². The molecular formula is C22H23N3O3. The first-order valence-corrected chi connectivity index (χ1v) is 9.33. The Morgan fingerprint density at radius 3 is 2.71 bits per heavy atom. The fourth-order valence-corrected chi connectivity index (χ4v) is 3.52. The number of hydrogen-bond donors (Lipinski definition) is 1. The van der Waals surface area contributed by atoms with Gasteiger partial charge in [-0.3, -0.25) is 9.36 Å². The lowest BCUT2D eigenvalue weighted by Crippen LogP contribution is -2.25. The Labute approximate surface area is 164 Å². The van der Waals surface area contributed by atoms with E-state index in [9.17, 15) is 4.79 Å². The molecular weight excluding hydrogens is 354 g/mol. The quantitative estimate of drug-likeness (QED) is 0.726. The predicted molar refractivity (Wildman–Crippen MR) is 107 cm³/mol. The molecule has 0 saturated carbocycles. The molecule has 1 amide bonds. The van der Waals surface area contributed by atoms with Gasteiger partial charge in [0.2, 0.25) is 5.91 Å². The first kappa shape index (κ1) is 18.1. The zero-order valence-corrected chi connectivity index (χ0v) is 16.2. The number of amides is 1. The van der Waals surface area contributed by atoms with Crippen LogP contribution in [0.4, 0.5) is 5.82 Å². The van der Waals surface area contributed by atoms with Crippen molar-refractivity contribution < 1.29 is 14.3 Å². The lowest BCUT2D eigenvalue weighted by Gasteiger charge is -2.24. The summed E-state index contributed by atoms with van der Waals surface area (Å²) in [5.41, 5.74) is 2.75. The van der Waals surface area contributed by atoms with Gasteiger partial charge in [-0.1, -0.05) is 18.2 Å². The molecule has 0 fully saturated rings. The number of carbonyl (C=O) groups excluding carboxylic acids is 1. The molecule has 6 nitrogen and oxygen atoms in total. The van der Waals surface area contributed by atoms with Gasteiger partial charge in [-0.05, 0) is 43.7 Å². The molecule has 0 radical (unpaired) electrons. The zero-order chi connectivity index (χ0) is 19.7. The molecule has 3 aromatic rings. The Kier molecular flexibility index (Phi) is 4.77. The first-order valence-electron chi connectivity index (χ1n) is 9.33. The van der Waals surface area contributed by atoms with E-state index in [1.807, 2.05) is 66.9 Å². The number of fused-ring (bicyclic) bond motifs is 1. The maximum Gasteiger partial charge on any atom is 0.226 e. The van der Waals surface area contributed by atoms with Gasteiger partial charge >= 0.3 is 0 Å². The van der Waals surface area contributed by atoms with Gasteiger partial charge in [0.15, 0.2) is 0 Å². The third kappa shape index (κ3) is 3.45. The van der Waals surface area contributed by atoms with Crippen LogP contribution < -0.4 is 14.8 Å². The number of ether oxygens (including phenoxy) is 2. The van der Waals surface area contributed by atoms with Crippen LogP contribution in [0.2, 0.25) is 0 Å². The number of anilines is 1. The van der Waals surface area contributed by atoms with Crippen molar-refractivity contribution in [2.45, 2.75) is 32.3 Å². The lowest BCUT2D eigenvalue weighted by atomic mass is 9.89. The van der Waals surface area contributed by atoms with E-state index < -0.39 is 0 Å². The van der Waals surface area contributed by atoms with Crippen molar-refractivity contribution in [1.82, 2.24) is 9.55 Å². The molecule has 6 heteroatoms. The Hall–Kier alpha value is -3.28. The van der Waals surface area contributed by atoms with Gasteiger partial charge in [-0.15, -0.1) is 0 Å². The summed E-state index contributed by atoms with van der Waals surface area (Å²) >= 11 is 0. The highest BCUT2D eigenvalue weighted by molar-refractivity contribution is 5.94. The molecule has 144 valence electrons. The average molecular weight is 377 g/mol. The molecule has 2 heterocycles. The van der Waals surface area contributed by atoms with E-state index in [0.717, 1.165) is 28.4 Å². The summed E-state index contributed by atoms with van der Waals surface area (Å²) < 4.78 is 13.0. The van der Waals surface area contributed by atoms with E-state index in [1.165, 1.54) is 0 Å². The predicted octanol–water partition coefficient (Wildman–Crippen LogP) is 4.14. The fraction of sp³-hybridized carbons (Fsp3) is 0.273. The highest BCUT2D eigenvalue weighted by Crippen LogP contribution is 2.38. The monoisotopic (exact) mass is 377 g/mol. The molecule has 0 saturated heterocycles. The minimum Gasteiger partial charge on any atom is -0.497 e. The molecule has 1 N–H and O–H groups in total. The maximum absolute atomic E-state index is 12.5. The number of rotatable bonds is 5. The van der Waals surface area contributed by atoms with Crippen molar-refractivity contribution in [1.29, 1.82) is 0 Å². The van der Waals surface area contributed by atoms with Crippen LogP contribution in [0.1, 0.15) is 37.4 Å². The van der Waals surface area contributed by atoms with E-state index in [1.54, 1.807) is 13.4 Å². The molecule has 1 aliphatic heterocycles. The van der Waals surface area contributed by atoms with Gasteiger partial charge in [-0.2, -0.15) is 0 Å². The van der Waals surface area contributed by atoms with Crippen LogP contribution in [-0.2, 0) is 4.79 Å². The Balaban J connectivity index is 1.74. The lowest BCUT2D eigenvalue weighted by molar-refractivity contribution is -0.116. The summed E-state index contributed by atoms with van der Waals surface area (Å²) in [6.45, 7) is 3.99. The van der Waals surface area contributed by atoms with Crippen LogP contribution >= 0.6 is 0 Å². The van der Waals surface area contributed by atoms with Crippen LogP contribution in [0.25, 0.3) is 5.69 Å². The summed E-state index contributed by atoms with van der Waals surface area (Å²) in [6.07, 6.45) is 2.19.